The SMILES string of the molecule is CC1(C)C(NCCc2ccccc2)C2CCOC21. The summed E-state index contributed by atoms with van der Waals surface area (Å²) in [7, 11) is 0. The van der Waals surface area contributed by atoms with Crippen LogP contribution in [0.3, 0.4) is 0 Å². The van der Waals surface area contributed by atoms with Crippen molar-refractivity contribution in [3.63, 3.8) is 0 Å². The van der Waals surface area contributed by atoms with Gasteiger partial charge in [-0.2, -0.15) is 0 Å². The topological polar surface area (TPSA) is 21.3 Å². The second-order valence-corrected chi connectivity index (χ2v) is 6.23. The third-order valence-corrected chi connectivity index (χ3v) is 4.72. The Balaban J connectivity index is 1.52. The molecule has 3 unspecified atom stereocenters. The molecule has 1 aromatic rings. The molecule has 2 heteroatoms. The van der Waals surface area contributed by atoms with E-state index in [1.165, 1.54) is 12.0 Å². The Bertz CT molecular complexity index is 401. The number of nitrogens with one attached hydrogen (secondary N) is 1. The van der Waals surface area contributed by atoms with Crippen LogP contribution >= 0.6 is 0 Å². The Morgan fingerprint density at radius 3 is 2.83 bits per heavy atom. The summed E-state index contributed by atoms with van der Waals surface area (Å²) in [6.07, 6.45) is 2.84. The van der Waals surface area contributed by atoms with Crippen LogP contribution in [-0.2, 0) is 11.2 Å². The highest BCUT2D eigenvalue weighted by molar-refractivity contribution is 5.16. The lowest BCUT2D eigenvalue weighted by atomic mass is 9.57. The van der Waals surface area contributed by atoms with Gasteiger partial charge in [-0.05, 0) is 24.9 Å². The Morgan fingerprint density at radius 1 is 1.28 bits per heavy atom. The molecule has 1 aliphatic carbocycles. The van der Waals surface area contributed by atoms with Crippen molar-refractivity contribution in [3.05, 3.63) is 35.9 Å². The van der Waals surface area contributed by atoms with Crippen LogP contribution < -0.4 is 5.32 Å². The predicted molar refractivity (Wildman–Crippen MR) is 73.6 cm³/mol. The molecule has 0 radical (unpaired) electrons. The van der Waals surface area contributed by atoms with Gasteiger partial charge in [0.15, 0.2) is 0 Å². The summed E-state index contributed by atoms with van der Waals surface area (Å²) < 4.78 is 5.82. The van der Waals surface area contributed by atoms with Crippen LogP contribution in [0.2, 0.25) is 0 Å². The molecule has 1 N–H and O–H groups in total. The minimum atomic E-state index is 0.303. The second-order valence-electron chi connectivity index (χ2n) is 6.23. The van der Waals surface area contributed by atoms with Crippen molar-refractivity contribution in [2.45, 2.75) is 38.8 Å². The summed E-state index contributed by atoms with van der Waals surface area (Å²) in [4.78, 5) is 0. The lowest BCUT2D eigenvalue weighted by Gasteiger charge is -2.55. The number of fused-ring (bicyclic) bond motifs is 1. The molecule has 0 amide bonds. The highest BCUT2D eigenvalue weighted by atomic mass is 16.5. The first-order valence-electron chi connectivity index (χ1n) is 7.08. The van der Waals surface area contributed by atoms with E-state index in [9.17, 15) is 0 Å². The lowest BCUT2D eigenvalue weighted by molar-refractivity contribution is -0.112. The smallest absolute Gasteiger partial charge is 0.0685 e. The maximum atomic E-state index is 5.82. The Labute approximate surface area is 110 Å². The Hall–Kier alpha value is -0.860. The predicted octanol–water partition coefficient (Wildman–Crippen LogP) is 2.63. The minimum absolute atomic E-state index is 0.303. The zero-order chi connectivity index (χ0) is 12.6. The highest BCUT2D eigenvalue weighted by Crippen LogP contribution is 2.51. The van der Waals surface area contributed by atoms with Crippen molar-refractivity contribution in [1.29, 1.82) is 0 Å². The third kappa shape index (κ3) is 1.98. The summed E-state index contributed by atoms with van der Waals surface area (Å²) in [6.45, 7) is 6.69. The molecule has 0 bridgehead atoms. The van der Waals surface area contributed by atoms with Gasteiger partial charge >= 0.3 is 0 Å². The monoisotopic (exact) mass is 245 g/mol. The van der Waals surface area contributed by atoms with E-state index < -0.39 is 0 Å². The molecule has 2 fully saturated rings. The lowest BCUT2D eigenvalue weighted by Crippen LogP contribution is -2.66. The maximum Gasteiger partial charge on any atom is 0.0685 e. The molecule has 3 atom stereocenters. The van der Waals surface area contributed by atoms with Crippen LogP contribution in [0.4, 0.5) is 0 Å². The van der Waals surface area contributed by atoms with Crippen molar-refractivity contribution in [1.82, 2.24) is 5.32 Å². The summed E-state index contributed by atoms with van der Waals surface area (Å²) in [5.41, 5.74) is 1.72. The molecule has 98 valence electrons. The molecule has 1 heterocycles. The van der Waals surface area contributed by atoms with Gasteiger partial charge in [0.1, 0.15) is 0 Å². The molecule has 2 nitrogen and oxygen atoms in total. The van der Waals surface area contributed by atoms with Crippen LogP contribution in [0.1, 0.15) is 25.8 Å². The zero-order valence-electron chi connectivity index (χ0n) is 11.4. The van der Waals surface area contributed by atoms with E-state index in [0.717, 1.165) is 25.5 Å². The minimum Gasteiger partial charge on any atom is -0.377 e. The van der Waals surface area contributed by atoms with Crippen molar-refractivity contribution in [2.75, 3.05) is 13.2 Å². The molecular formula is C16H23NO. The zero-order valence-corrected chi connectivity index (χ0v) is 11.4. The first-order chi connectivity index (χ1) is 8.69. The third-order valence-electron chi connectivity index (χ3n) is 4.72. The van der Waals surface area contributed by atoms with Crippen molar-refractivity contribution < 1.29 is 4.74 Å². The normalized spacial score (nSPS) is 32.9. The van der Waals surface area contributed by atoms with Crippen LogP contribution in [0.5, 0.6) is 0 Å². The van der Waals surface area contributed by atoms with Crippen LogP contribution in [0, 0.1) is 11.3 Å². The second kappa shape index (κ2) is 4.67. The van der Waals surface area contributed by atoms with Gasteiger partial charge in [0.05, 0.1) is 6.10 Å². The van der Waals surface area contributed by atoms with E-state index in [2.05, 4.69) is 49.5 Å². The molecular weight excluding hydrogens is 222 g/mol. The van der Waals surface area contributed by atoms with Crippen molar-refractivity contribution in [3.8, 4) is 0 Å². The molecule has 3 rings (SSSR count). The fourth-order valence-electron chi connectivity index (χ4n) is 3.76. The van der Waals surface area contributed by atoms with Gasteiger partial charge in [-0.3, -0.25) is 0 Å². The first-order valence-corrected chi connectivity index (χ1v) is 7.08. The van der Waals surface area contributed by atoms with Gasteiger partial charge in [0.25, 0.3) is 0 Å². The van der Waals surface area contributed by atoms with Gasteiger partial charge in [-0.25, -0.2) is 0 Å². The number of hydrogen-bond acceptors (Lipinski definition) is 2. The van der Waals surface area contributed by atoms with E-state index in [1.54, 1.807) is 0 Å². The highest BCUT2D eigenvalue weighted by Gasteiger charge is 2.58. The molecule has 18 heavy (non-hydrogen) atoms. The van der Waals surface area contributed by atoms with E-state index in [-0.39, 0.29) is 0 Å². The average Bonchev–Trinajstić information content (AvgIpc) is 2.82. The molecule has 1 aliphatic heterocycles. The largest absolute Gasteiger partial charge is 0.377 e. The molecule has 1 saturated carbocycles. The van der Waals surface area contributed by atoms with Gasteiger partial charge in [0, 0.05) is 24.0 Å². The van der Waals surface area contributed by atoms with Crippen LogP contribution in [-0.4, -0.2) is 25.3 Å². The summed E-state index contributed by atoms with van der Waals surface area (Å²) in [5.74, 6) is 0.746. The van der Waals surface area contributed by atoms with E-state index in [1.807, 2.05) is 0 Å². The molecule has 0 aromatic heterocycles. The summed E-state index contributed by atoms with van der Waals surface area (Å²) in [5, 5.41) is 3.75. The maximum absolute atomic E-state index is 5.82. The van der Waals surface area contributed by atoms with Crippen LogP contribution in [0.15, 0.2) is 30.3 Å². The van der Waals surface area contributed by atoms with E-state index in [4.69, 9.17) is 4.74 Å². The number of hydrogen-bond donors (Lipinski definition) is 1. The number of benzene rings is 1. The van der Waals surface area contributed by atoms with Gasteiger partial charge in [-0.15, -0.1) is 0 Å². The van der Waals surface area contributed by atoms with Gasteiger partial charge < -0.3 is 10.1 Å². The summed E-state index contributed by atoms with van der Waals surface area (Å²) >= 11 is 0. The quantitative estimate of drug-likeness (QED) is 0.880. The van der Waals surface area contributed by atoms with Gasteiger partial charge in [-0.1, -0.05) is 44.2 Å². The number of ether oxygens (including phenoxy) is 1. The van der Waals surface area contributed by atoms with E-state index >= 15 is 0 Å². The van der Waals surface area contributed by atoms with Crippen molar-refractivity contribution in [2.24, 2.45) is 11.3 Å². The first kappa shape index (κ1) is 12.2. The Morgan fingerprint density at radius 2 is 2.06 bits per heavy atom. The van der Waals surface area contributed by atoms with Gasteiger partial charge in [0.2, 0.25) is 0 Å². The standard InChI is InChI=1S/C16H23NO/c1-16(2)14(13-9-11-18-15(13)16)17-10-8-12-6-4-3-5-7-12/h3-7,13-15,17H,8-11H2,1-2H3. The molecule has 2 aliphatic rings. The molecule has 1 aromatic carbocycles. The molecule has 1 saturated heterocycles. The number of rotatable bonds is 4. The fraction of sp³-hybridized carbons (Fsp3) is 0.625. The fourth-order valence-corrected chi connectivity index (χ4v) is 3.76. The van der Waals surface area contributed by atoms with E-state index in [0.29, 0.717) is 17.6 Å². The van der Waals surface area contributed by atoms with Crippen molar-refractivity contribution >= 4 is 0 Å². The average molecular weight is 245 g/mol. The Kier molecular flexibility index (Phi) is 3.16. The summed E-state index contributed by atoms with van der Waals surface area (Å²) in [6, 6.07) is 11.3. The van der Waals surface area contributed by atoms with Crippen LogP contribution in [0.25, 0.3) is 0 Å². The molecule has 0 spiro atoms.